The number of hydrogen-bond donors (Lipinski definition) is 0. The molecule has 3 nitrogen and oxygen atoms in total. The molecule has 1 saturated carbocycles. The summed E-state index contributed by atoms with van der Waals surface area (Å²) in [6.45, 7) is 7.07. The van der Waals surface area contributed by atoms with E-state index in [1.54, 1.807) is 6.33 Å². The van der Waals surface area contributed by atoms with Crippen LogP contribution in [0.25, 0.3) is 0 Å². The fourth-order valence-corrected chi connectivity index (χ4v) is 5.84. The van der Waals surface area contributed by atoms with Crippen LogP contribution in [0.15, 0.2) is 11.4 Å². The smallest absolute Gasteiger partial charge is 0.136 e. The Morgan fingerprint density at radius 2 is 2.05 bits per heavy atom. The molecule has 1 aliphatic carbocycles. The van der Waals surface area contributed by atoms with Crippen LogP contribution >= 0.6 is 11.8 Å². The second kappa shape index (κ2) is 5.15. The zero-order chi connectivity index (χ0) is 14.4. The van der Waals surface area contributed by atoms with Crippen molar-refractivity contribution in [1.82, 2.24) is 9.97 Å². The predicted molar refractivity (Wildman–Crippen MR) is 88.1 cm³/mol. The van der Waals surface area contributed by atoms with Crippen LogP contribution in [-0.4, -0.2) is 28.3 Å². The van der Waals surface area contributed by atoms with Gasteiger partial charge >= 0.3 is 0 Å². The topological polar surface area (TPSA) is 29.0 Å². The monoisotopic (exact) mass is 303 g/mol. The van der Waals surface area contributed by atoms with E-state index >= 15 is 0 Å². The quantitative estimate of drug-likeness (QED) is 0.726. The number of aromatic nitrogens is 2. The molecule has 0 aromatic carbocycles. The Labute approximate surface area is 131 Å². The highest BCUT2D eigenvalue weighted by atomic mass is 32.2. The van der Waals surface area contributed by atoms with Crippen molar-refractivity contribution >= 4 is 17.6 Å². The van der Waals surface area contributed by atoms with Crippen LogP contribution in [-0.2, 0) is 0 Å². The summed E-state index contributed by atoms with van der Waals surface area (Å²) in [7, 11) is 0. The molecule has 2 fully saturated rings. The van der Waals surface area contributed by atoms with Crippen molar-refractivity contribution in [1.29, 1.82) is 0 Å². The minimum Gasteiger partial charge on any atom is -0.356 e. The van der Waals surface area contributed by atoms with Crippen molar-refractivity contribution in [3.63, 3.8) is 0 Å². The second-order valence-corrected chi connectivity index (χ2v) is 8.88. The van der Waals surface area contributed by atoms with Crippen LogP contribution < -0.4 is 4.90 Å². The Morgan fingerprint density at radius 3 is 2.90 bits per heavy atom. The van der Waals surface area contributed by atoms with E-state index in [1.165, 1.54) is 54.9 Å². The lowest BCUT2D eigenvalue weighted by Crippen LogP contribution is -2.41. The van der Waals surface area contributed by atoms with E-state index in [9.17, 15) is 0 Å². The van der Waals surface area contributed by atoms with Crippen molar-refractivity contribution in [3.05, 3.63) is 11.9 Å². The minimum atomic E-state index is 0.411. The molecule has 3 aliphatic rings. The highest BCUT2D eigenvalue weighted by molar-refractivity contribution is 8.00. The van der Waals surface area contributed by atoms with Gasteiger partial charge in [-0.05, 0) is 31.1 Å². The van der Waals surface area contributed by atoms with E-state index < -0.39 is 0 Å². The summed E-state index contributed by atoms with van der Waals surface area (Å²) < 4.78 is 0. The van der Waals surface area contributed by atoms with Crippen molar-refractivity contribution < 1.29 is 0 Å². The lowest BCUT2D eigenvalue weighted by molar-refractivity contribution is 0.291. The van der Waals surface area contributed by atoms with Crippen LogP contribution in [0, 0.1) is 5.41 Å². The molecule has 1 aromatic heterocycles. The van der Waals surface area contributed by atoms with E-state index in [-0.39, 0.29) is 0 Å². The van der Waals surface area contributed by atoms with Gasteiger partial charge in [-0.1, -0.05) is 26.7 Å². The Bertz CT molecular complexity index is 543. The maximum Gasteiger partial charge on any atom is 0.136 e. The van der Waals surface area contributed by atoms with Crippen LogP contribution in [0.2, 0.25) is 0 Å². The molecule has 0 spiro atoms. The van der Waals surface area contributed by atoms with Gasteiger partial charge in [0.25, 0.3) is 0 Å². The first-order chi connectivity index (χ1) is 10.1. The highest BCUT2D eigenvalue weighted by Crippen LogP contribution is 2.53. The van der Waals surface area contributed by atoms with Gasteiger partial charge in [0.05, 0.1) is 0 Å². The Balaban J connectivity index is 1.70. The molecule has 4 heteroatoms. The van der Waals surface area contributed by atoms with Crippen molar-refractivity contribution in [2.75, 3.05) is 18.0 Å². The molecule has 1 aromatic rings. The average Bonchev–Trinajstić information content (AvgIpc) is 2.84. The maximum atomic E-state index is 4.73. The summed E-state index contributed by atoms with van der Waals surface area (Å²) in [5.41, 5.74) is 1.90. The normalized spacial score (nSPS) is 30.9. The summed E-state index contributed by atoms with van der Waals surface area (Å²) in [5, 5.41) is 2.04. The SMILES string of the molecule is CC1(C)CCCN(c2ncnc3c2C2CCCCC2S3)C1. The number of nitrogens with zero attached hydrogens (tertiary/aromatic N) is 3. The van der Waals surface area contributed by atoms with Gasteiger partial charge in [0.1, 0.15) is 17.2 Å². The van der Waals surface area contributed by atoms with Gasteiger partial charge in [-0.15, -0.1) is 11.8 Å². The van der Waals surface area contributed by atoms with Gasteiger partial charge in [-0.3, -0.25) is 0 Å². The summed E-state index contributed by atoms with van der Waals surface area (Å²) in [5.74, 6) is 1.97. The average molecular weight is 303 g/mol. The molecule has 0 radical (unpaired) electrons. The number of hydrogen-bond acceptors (Lipinski definition) is 4. The van der Waals surface area contributed by atoms with Gasteiger partial charge in [-0.2, -0.15) is 0 Å². The number of anilines is 1. The largest absolute Gasteiger partial charge is 0.356 e. The zero-order valence-corrected chi connectivity index (χ0v) is 14.0. The van der Waals surface area contributed by atoms with Crippen LogP contribution in [0.1, 0.15) is 63.9 Å². The predicted octanol–water partition coefficient (Wildman–Crippen LogP) is 4.23. The number of piperidine rings is 1. The Kier molecular flexibility index (Phi) is 3.40. The van der Waals surface area contributed by atoms with Crippen LogP contribution in [0.3, 0.4) is 0 Å². The summed E-state index contributed by atoms with van der Waals surface area (Å²) in [6.07, 6.45) is 9.87. The summed E-state index contributed by atoms with van der Waals surface area (Å²) >= 11 is 2.02. The summed E-state index contributed by atoms with van der Waals surface area (Å²) in [4.78, 5) is 11.9. The van der Waals surface area contributed by atoms with E-state index in [0.717, 1.165) is 18.3 Å². The van der Waals surface area contributed by atoms with Crippen molar-refractivity contribution in [2.45, 2.75) is 68.6 Å². The second-order valence-electron chi connectivity index (χ2n) is 7.65. The first-order valence-corrected chi connectivity index (χ1v) is 9.28. The van der Waals surface area contributed by atoms with Crippen LogP contribution in [0.5, 0.6) is 0 Å². The molecule has 3 heterocycles. The lowest BCUT2D eigenvalue weighted by Gasteiger charge is -2.40. The molecule has 1 saturated heterocycles. The lowest BCUT2D eigenvalue weighted by atomic mass is 9.82. The van der Waals surface area contributed by atoms with E-state index in [0.29, 0.717) is 11.3 Å². The molecule has 2 unspecified atom stereocenters. The third kappa shape index (κ3) is 2.45. The number of rotatable bonds is 1. The third-order valence-electron chi connectivity index (χ3n) is 5.36. The van der Waals surface area contributed by atoms with Gasteiger partial charge in [0, 0.05) is 29.8 Å². The van der Waals surface area contributed by atoms with E-state index in [4.69, 9.17) is 4.98 Å². The molecule has 0 N–H and O–H groups in total. The zero-order valence-electron chi connectivity index (χ0n) is 13.1. The molecule has 21 heavy (non-hydrogen) atoms. The van der Waals surface area contributed by atoms with Gasteiger partial charge in [-0.25, -0.2) is 9.97 Å². The van der Waals surface area contributed by atoms with Gasteiger partial charge in [0.15, 0.2) is 0 Å². The molecular formula is C17H25N3S. The van der Waals surface area contributed by atoms with Crippen molar-refractivity contribution in [2.24, 2.45) is 5.41 Å². The number of thioether (sulfide) groups is 1. The number of fused-ring (bicyclic) bond motifs is 3. The molecule has 0 amide bonds. The molecule has 2 atom stereocenters. The molecule has 2 aliphatic heterocycles. The highest BCUT2D eigenvalue weighted by Gasteiger charge is 2.40. The maximum absolute atomic E-state index is 4.73. The fraction of sp³-hybridized carbons (Fsp3) is 0.765. The van der Waals surface area contributed by atoms with E-state index in [2.05, 4.69) is 23.7 Å². The first-order valence-electron chi connectivity index (χ1n) is 8.41. The summed E-state index contributed by atoms with van der Waals surface area (Å²) in [6, 6.07) is 0. The Morgan fingerprint density at radius 1 is 1.19 bits per heavy atom. The third-order valence-corrected chi connectivity index (χ3v) is 6.78. The van der Waals surface area contributed by atoms with Gasteiger partial charge < -0.3 is 4.90 Å². The molecule has 4 rings (SSSR count). The fourth-order valence-electron chi connectivity index (χ4n) is 4.36. The standard InChI is InChI=1S/C17H25N3S/c1-17(2)8-5-9-20(10-17)15-14-12-6-3-4-7-13(12)21-16(14)19-11-18-15/h11-13H,3-10H2,1-2H3. The first kappa shape index (κ1) is 13.9. The minimum absolute atomic E-state index is 0.411. The van der Waals surface area contributed by atoms with Crippen LogP contribution in [0.4, 0.5) is 5.82 Å². The molecule has 0 bridgehead atoms. The van der Waals surface area contributed by atoms with Gasteiger partial charge in [0.2, 0.25) is 0 Å². The Hall–Kier alpha value is -0.770. The van der Waals surface area contributed by atoms with Crippen molar-refractivity contribution in [3.8, 4) is 0 Å². The molecular weight excluding hydrogens is 278 g/mol. The van der Waals surface area contributed by atoms with E-state index in [1.807, 2.05) is 11.8 Å². The molecule has 114 valence electrons.